The highest BCUT2D eigenvalue weighted by Crippen LogP contribution is 2.37. The van der Waals surface area contributed by atoms with Gasteiger partial charge in [0.1, 0.15) is 5.69 Å². The predicted octanol–water partition coefficient (Wildman–Crippen LogP) is 4.36. The molecule has 0 spiro atoms. The number of hydrogen-bond acceptors (Lipinski definition) is 3. The van der Waals surface area contributed by atoms with Crippen LogP contribution in [-0.4, -0.2) is 17.5 Å². The van der Waals surface area contributed by atoms with Crippen molar-refractivity contribution >= 4 is 27.3 Å². The monoisotopic (exact) mass is 340 g/mol. The van der Waals surface area contributed by atoms with Gasteiger partial charge in [0, 0.05) is 24.0 Å². The summed E-state index contributed by atoms with van der Waals surface area (Å²) in [7, 11) is 0. The fourth-order valence-corrected chi connectivity index (χ4v) is 3.42. The lowest BCUT2D eigenvalue weighted by molar-refractivity contribution is -0.384. The summed E-state index contributed by atoms with van der Waals surface area (Å²) >= 11 is 3.36. The van der Waals surface area contributed by atoms with Crippen LogP contribution in [0, 0.1) is 22.0 Å². The van der Waals surface area contributed by atoms with Crippen LogP contribution in [0.1, 0.15) is 32.8 Å². The molecule has 0 amide bonds. The molecule has 0 aromatic heterocycles. The van der Waals surface area contributed by atoms with E-state index < -0.39 is 0 Å². The Balaban J connectivity index is 2.42. The van der Waals surface area contributed by atoms with Gasteiger partial charge in [-0.25, -0.2) is 0 Å². The van der Waals surface area contributed by atoms with Crippen molar-refractivity contribution in [2.24, 2.45) is 11.8 Å². The molecule has 0 saturated carbocycles. The normalized spacial score (nSPS) is 26.6. The second kappa shape index (κ2) is 6.12. The van der Waals surface area contributed by atoms with Gasteiger partial charge in [0.15, 0.2) is 0 Å². The Bertz CT molecular complexity index is 507. The summed E-state index contributed by atoms with van der Waals surface area (Å²) in [5.41, 5.74) is 1.91. The number of piperidine rings is 1. The molecule has 4 nitrogen and oxygen atoms in total. The summed E-state index contributed by atoms with van der Waals surface area (Å²) in [4.78, 5) is 13.3. The first-order valence-electron chi connectivity index (χ1n) is 7.04. The molecule has 3 unspecified atom stereocenters. The second-order valence-corrected chi connectivity index (χ2v) is 6.49. The average molecular weight is 341 g/mol. The largest absolute Gasteiger partial charge is 0.363 e. The van der Waals surface area contributed by atoms with E-state index in [1.54, 1.807) is 6.07 Å². The molecular formula is C15H21BrN2O2. The highest BCUT2D eigenvalue weighted by Gasteiger charge is 2.32. The van der Waals surface area contributed by atoms with Crippen molar-refractivity contribution < 1.29 is 4.92 Å². The number of halogens is 1. The number of benzene rings is 1. The molecule has 3 atom stereocenters. The number of rotatable bonds is 3. The highest BCUT2D eigenvalue weighted by molar-refractivity contribution is 9.08. The van der Waals surface area contributed by atoms with Gasteiger partial charge in [0.05, 0.1) is 4.92 Å². The van der Waals surface area contributed by atoms with Crippen LogP contribution in [0.3, 0.4) is 0 Å². The van der Waals surface area contributed by atoms with Crippen LogP contribution < -0.4 is 4.90 Å². The number of nitro groups is 1. The van der Waals surface area contributed by atoms with Crippen molar-refractivity contribution in [2.75, 3.05) is 11.4 Å². The third-order valence-corrected chi connectivity index (χ3v) is 4.95. The van der Waals surface area contributed by atoms with Gasteiger partial charge in [-0.05, 0) is 36.8 Å². The number of anilines is 1. The number of nitro benzene ring substituents is 1. The molecule has 1 aliphatic rings. The zero-order chi connectivity index (χ0) is 14.9. The third-order valence-electron chi connectivity index (χ3n) is 4.30. The molecule has 1 aromatic rings. The molecule has 0 bridgehead atoms. The van der Waals surface area contributed by atoms with E-state index in [4.69, 9.17) is 0 Å². The molecule has 1 aliphatic heterocycles. The summed E-state index contributed by atoms with van der Waals surface area (Å²) in [5, 5.41) is 12.0. The van der Waals surface area contributed by atoms with Crippen LogP contribution in [0.15, 0.2) is 18.2 Å². The van der Waals surface area contributed by atoms with Crippen LogP contribution >= 0.6 is 15.9 Å². The Kier molecular flexibility index (Phi) is 4.68. The van der Waals surface area contributed by atoms with E-state index in [9.17, 15) is 10.1 Å². The van der Waals surface area contributed by atoms with Gasteiger partial charge >= 0.3 is 0 Å². The molecule has 5 heteroatoms. The predicted molar refractivity (Wildman–Crippen MR) is 85.5 cm³/mol. The van der Waals surface area contributed by atoms with Crippen molar-refractivity contribution in [3.05, 3.63) is 33.9 Å². The van der Waals surface area contributed by atoms with E-state index in [1.165, 1.54) is 6.42 Å². The maximum absolute atomic E-state index is 11.4. The Labute approximate surface area is 128 Å². The van der Waals surface area contributed by atoms with E-state index in [1.807, 2.05) is 12.1 Å². The molecule has 0 radical (unpaired) electrons. The molecule has 2 rings (SSSR count). The van der Waals surface area contributed by atoms with Gasteiger partial charge < -0.3 is 4.90 Å². The SMILES string of the molecule is CC1CC(C)C(C)N(c2ccc(CBr)cc2[N+](=O)[O-])C1. The first-order chi connectivity index (χ1) is 9.43. The molecule has 1 saturated heterocycles. The minimum atomic E-state index is -0.266. The molecule has 1 fully saturated rings. The summed E-state index contributed by atoms with van der Waals surface area (Å²) in [6.45, 7) is 7.50. The Morgan fingerprint density at radius 1 is 1.40 bits per heavy atom. The summed E-state index contributed by atoms with van der Waals surface area (Å²) in [5.74, 6) is 1.12. The van der Waals surface area contributed by atoms with Crippen molar-refractivity contribution in [1.29, 1.82) is 0 Å². The lowest BCUT2D eigenvalue weighted by atomic mass is 9.85. The quantitative estimate of drug-likeness (QED) is 0.466. The lowest BCUT2D eigenvalue weighted by Crippen LogP contribution is -2.46. The summed E-state index contributed by atoms with van der Waals surface area (Å²) < 4.78 is 0. The topological polar surface area (TPSA) is 46.4 Å². The highest BCUT2D eigenvalue weighted by atomic mass is 79.9. The van der Waals surface area contributed by atoms with Crippen molar-refractivity contribution in [3.8, 4) is 0 Å². The van der Waals surface area contributed by atoms with E-state index in [-0.39, 0.29) is 10.6 Å². The zero-order valence-electron chi connectivity index (χ0n) is 12.2. The van der Waals surface area contributed by atoms with E-state index in [0.29, 0.717) is 23.2 Å². The fraction of sp³-hybridized carbons (Fsp3) is 0.600. The minimum absolute atomic E-state index is 0.218. The average Bonchev–Trinajstić information content (AvgIpc) is 2.42. The third kappa shape index (κ3) is 2.97. The molecule has 20 heavy (non-hydrogen) atoms. The molecule has 110 valence electrons. The Morgan fingerprint density at radius 3 is 2.70 bits per heavy atom. The Hall–Kier alpha value is -1.10. The van der Waals surface area contributed by atoms with Gasteiger partial charge in [-0.15, -0.1) is 0 Å². The standard InChI is InChI=1S/C15H21BrN2O2/c1-10-6-11(2)12(3)17(9-10)14-5-4-13(8-16)7-15(14)18(19)20/h4-5,7,10-12H,6,8-9H2,1-3H3. The van der Waals surface area contributed by atoms with Gasteiger partial charge in [0.2, 0.25) is 0 Å². The van der Waals surface area contributed by atoms with E-state index in [0.717, 1.165) is 17.8 Å². The maximum atomic E-state index is 11.4. The van der Waals surface area contributed by atoms with Gasteiger partial charge in [-0.2, -0.15) is 0 Å². The molecular weight excluding hydrogens is 320 g/mol. The van der Waals surface area contributed by atoms with Crippen LogP contribution in [0.25, 0.3) is 0 Å². The lowest BCUT2D eigenvalue weighted by Gasteiger charge is -2.42. The van der Waals surface area contributed by atoms with Gasteiger partial charge in [-0.3, -0.25) is 10.1 Å². The van der Waals surface area contributed by atoms with Crippen molar-refractivity contribution in [2.45, 2.75) is 38.6 Å². The number of alkyl halides is 1. The maximum Gasteiger partial charge on any atom is 0.292 e. The van der Waals surface area contributed by atoms with E-state index >= 15 is 0 Å². The van der Waals surface area contributed by atoms with Crippen LogP contribution in [-0.2, 0) is 5.33 Å². The van der Waals surface area contributed by atoms with Gasteiger partial charge in [0.25, 0.3) is 5.69 Å². The minimum Gasteiger partial charge on any atom is -0.363 e. The zero-order valence-corrected chi connectivity index (χ0v) is 13.8. The van der Waals surface area contributed by atoms with Crippen molar-refractivity contribution in [1.82, 2.24) is 0 Å². The first-order valence-corrected chi connectivity index (χ1v) is 8.16. The van der Waals surface area contributed by atoms with Crippen LogP contribution in [0.4, 0.5) is 11.4 Å². The first kappa shape index (κ1) is 15.3. The molecule has 0 N–H and O–H groups in total. The van der Waals surface area contributed by atoms with Crippen molar-refractivity contribution in [3.63, 3.8) is 0 Å². The summed E-state index contributed by atoms with van der Waals surface area (Å²) in [6.07, 6.45) is 1.19. The summed E-state index contributed by atoms with van der Waals surface area (Å²) in [6, 6.07) is 5.88. The fourth-order valence-electron chi connectivity index (χ4n) is 3.07. The molecule has 1 aromatic carbocycles. The van der Waals surface area contributed by atoms with E-state index in [2.05, 4.69) is 41.6 Å². The molecule has 0 aliphatic carbocycles. The number of hydrogen-bond donors (Lipinski definition) is 0. The number of nitrogens with zero attached hydrogens (tertiary/aromatic N) is 2. The second-order valence-electron chi connectivity index (χ2n) is 5.92. The Morgan fingerprint density at radius 2 is 2.10 bits per heavy atom. The van der Waals surface area contributed by atoms with Gasteiger partial charge in [-0.1, -0.05) is 35.8 Å². The van der Waals surface area contributed by atoms with Crippen LogP contribution in [0.2, 0.25) is 0 Å². The molecule has 1 heterocycles. The van der Waals surface area contributed by atoms with Crippen LogP contribution in [0.5, 0.6) is 0 Å². The smallest absolute Gasteiger partial charge is 0.292 e.